The fourth-order valence-corrected chi connectivity index (χ4v) is 2.59. The molecule has 0 spiro atoms. The van der Waals surface area contributed by atoms with Crippen LogP contribution in [0.2, 0.25) is 10.0 Å². The third kappa shape index (κ3) is 5.87. The first kappa shape index (κ1) is 20.5. The SMILES string of the molecule is CN(CC(=O)Nc1ccccc1Cl)C(=O)CNc1cc(Cl)ccc1C(N)=O. The fourth-order valence-electron chi connectivity index (χ4n) is 2.24. The third-order valence-corrected chi connectivity index (χ3v) is 4.20. The number of anilines is 2. The number of nitrogens with one attached hydrogen (secondary N) is 2. The van der Waals surface area contributed by atoms with Crippen LogP contribution in [0.25, 0.3) is 0 Å². The number of amides is 3. The van der Waals surface area contributed by atoms with Crippen molar-refractivity contribution in [1.82, 2.24) is 4.90 Å². The second kappa shape index (κ2) is 9.25. The molecule has 9 heteroatoms. The lowest BCUT2D eigenvalue weighted by Gasteiger charge is -2.18. The van der Waals surface area contributed by atoms with E-state index in [1.165, 1.54) is 30.1 Å². The largest absolute Gasteiger partial charge is 0.375 e. The van der Waals surface area contributed by atoms with Crippen LogP contribution in [0, 0.1) is 0 Å². The van der Waals surface area contributed by atoms with Crippen molar-refractivity contribution in [2.45, 2.75) is 0 Å². The minimum Gasteiger partial charge on any atom is -0.375 e. The zero-order chi connectivity index (χ0) is 20.0. The van der Waals surface area contributed by atoms with Crippen LogP contribution in [0.1, 0.15) is 10.4 Å². The number of carbonyl (C=O) groups excluding carboxylic acids is 3. The molecule has 0 bridgehead atoms. The van der Waals surface area contributed by atoms with Gasteiger partial charge in [-0.05, 0) is 30.3 Å². The molecule has 4 N–H and O–H groups in total. The molecule has 0 fully saturated rings. The highest BCUT2D eigenvalue weighted by molar-refractivity contribution is 6.33. The normalized spacial score (nSPS) is 10.2. The van der Waals surface area contributed by atoms with Gasteiger partial charge in [0.25, 0.3) is 5.91 Å². The van der Waals surface area contributed by atoms with Crippen LogP contribution < -0.4 is 16.4 Å². The number of benzene rings is 2. The Morgan fingerprint density at radius 2 is 1.78 bits per heavy atom. The molecule has 0 aliphatic carbocycles. The van der Waals surface area contributed by atoms with E-state index >= 15 is 0 Å². The molecule has 0 aliphatic heterocycles. The molecule has 0 saturated carbocycles. The van der Waals surface area contributed by atoms with Crippen molar-refractivity contribution in [3.05, 3.63) is 58.1 Å². The highest BCUT2D eigenvalue weighted by Crippen LogP contribution is 2.21. The number of nitrogens with zero attached hydrogens (tertiary/aromatic N) is 1. The molecule has 7 nitrogen and oxygen atoms in total. The molecule has 2 aromatic rings. The van der Waals surface area contributed by atoms with Gasteiger partial charge in [0.15, 0.2) is 0 Å². The van der Waals surface area contributed by atoms with Crippen LogP contribution in [-0.4, -0.2) is 42.8 Å². The van der Waals surface area contributed by atoms with Crippen molar-refractivity contribution in [1.29, 1.82) is 0 Å². The number of carbonyl (C=O) groups is 3. The van der Waals surface area contributed by atoms with Gasteiger partial charge in [-0.2, -0.15) is 0 Å². The molecule has 142 valence electrons. The fraction of sp³-hybridized carbons (Fsp3) is 0.167. The third-order valence-electron chi connectivity index (χ3n) is 3.63. The summed E-state index contributed by atoms with van der Waals surface area (Å²) in [6, 6.07) is 11.3. The lowest BCUT2D eigenvalue weighted by molar-refractivity contribution is -0.131. The first-order valence-electron chi connectivity index (χ1n) is 7.89. The second-order valence-electron chi connectivity index (χ2n) is 5.69. The number of rotatable bonds is 7. The van der Waals surface area contributed by atoms with Gasteiger partial charge < -0.3 is 21.3 Å². The van der Waals surface area contributed by atoms with Gasteiger partial charge in [-0.15, -0.1) is 0 Å². The first-order chi connectivity index (χ1) is 12.8. The summed E-state index contributed by atoms with van der Waals surface area (Å²) in [5.41, 5.74) is 6.33. The van der Waals surface area contributed by atoms with Gasteiger partial charge in [-0.25, -0.2) is 0 Å². The summed E-state index contributed by atoms with van der Waals surface area (Å²) < 4.78 is 0. The Kier molecular flexibility index (Phi) is 7.04. The molecule has 0 atom stereocenters. The van der Waals surface area contributed by atoms with Crippen molar-refractivity contribution in [2.75, 3.05) is 30.8 Å². The monoisotopic (exact) mass is 408 g/mol. The van der Waals surface area contributed by atoms with Gasteiger partial charge in [0, 0.05) is 17.8 Å². The minimum atomic E-state index is -0.644. The van der Waals surface area contributed by atoms with E-state index in [4.69, 9.17) is 28.9 Å². The van der Waals surface area contributed by atoms with Crippen molar-refractivity contribution in [3.8, 4) is 0 Å². The maximum Gasteiger partial charge on any atom is 0.250 e. The molecule has 0 radical (unpaired) electrons. The number of halogens is 2. The van der Waals surface area contributed by atoms with Crippen molar-refractivity contribution >= 4 is 52.3 Å². The molecule has 0 aromatic heterocycles. The number of likely N-dealkylation sites (N-methyl/N-ethyl adjacent to an activating group) is 1. The van der Waals surface area contributed by atoms with Crippen LogP contribution in [0.3, 0.4) is 0 Å². The summed E-state index contributed by atoms with van der Waals surface area (Å²) in [5, 5.41) is 6.25. The summed E-state index contributed by atoms with van der Waals surface area (Å²) in [6.45, 7) is -0.305. The van der Waals surface area contributed by atoms with Crippen LogP contribution in [0.15, 0.2) is 42.5 Å². The lowest BCUT2D eigenvalue weighted by Crippen LogP contribution is -2.38. The van der Waals surface area contributed by atoms with Crippen LogP contribution in [-0.2, 0) is 9.59 Å². The van der Waals surface area contributed by atoms with E-state index in [0.717, 1.165) is 0 Å². The lowest BCUT2D eigenvalue weighted by atomic mass is 10.1. The molecule has 0 heterocycles. The van der Waals surface area contributed by atoms with E-state index in [2.05, 4.69) is 10.6 Å². The van der Waals surface area contributed by atoms with Crippen LogP contribution in [0.4, 0.5) is 11.4 Å². The van der Waals surface area contributed by atoms with Gasteiger partial charge in [0.05, 0.1) is 29.4 Å². The summed E-state index contributed by atoms with van der Waals surface area (Å²) in [4.78, 5) is 37.0. The van der Waals surface area contributed by atoms with Crippen LogP contribution in [0.5, 0.6) is 0 Å². The molecule has 3 amide bonds. The first-order valence-corrected chi connectivity index (χ1v) is 8.65. The predicted molar refractivity (Wildman–Crippen MR) is 106 cm³/mol. The Labute approximate surface area is 166 Å². The Balaban J connectivity index is 1.92. The molecule has 0 aliphatic rings. The standard InChI is InChI=1S/C18H18Cl2N4O3/c1-24(10-16(25)23-14-5-3-2-4-13(14)20)17(26)9-22-15-8-11(19)6-7-12(15)18(21)27/h2-8,22H,9-10H2,1H3,(H2,21,27)(H,23,25). The zero-order valence-corrected chi connectivity index (χ0v) is 16.0. The van der Waals surface area contributed by atoms with Crippen molar-refractivity contribution in [2.24, 2.45) is 5.73 Å². The van der Waals surface area contributed by atoms with Gasteiger partial charge in [0.2, 0.25) is 11.8 Å². The van der Waals surface area contributed by atoms with Gasteiger partial charge in [-0.1, -0.05) is 35.3 Å². The van der Waals surface area contributed by atoms with E-state index in [1.807, 2.05) is 0 Å². The summed E-state index contributed by atoms with van der Waals surface area (Å²) in [5.74, 6) is -1.40. The van der Waals surface area contributed by atoms with E-state index in [0.29, 0.717) is 21.4 Å². The average molecular weight is 409 g/mol. The molecule has 27 heavy (non-hydrogen) atoms. The summed E-state index contributed by atoms with van der Waals surface area (Å²) in [7, 11) is 1.49. The Morgan fingerprint density at radius 1 is 1.07 bits per heavy atom. The van der Waals surface area contributed by atoms with E-state index in [-0.39, 0.29) is 30.5 Å². The maximum atomic E-state index is 12.2. The highest BCUT2D eigenvalue weighted by atomic mass is 35.5. The molecule has 0 saturated heterocycles. The quantitative estimate of drug-likeness (QED) is 0.654. The zero-order valence-electron chi connectivity index (χ0n) is 14.5. The number of nitrogens with two attached hydrogens (primary N) is 1. The summed E-state index contributed by atoms with van der Waals surface area (Å²) in [6.07, 6.45) is 0. The smallest absolute Gasteiger partial charge is 0.250 e. The Bertz CT molecular complexity index is 873. The molecular formula is C18H18Cl2N4O3. The van der Waals surface area contributed by atoms with Gasteiger partial charge in [-0.3, -0.25) is 14.4 Å². The van der Waals surface area contributed by atoms with E-state index < -0.39 is 5.91 Å². The number of primary amides is 1. The Morgan fingerprint density at radius 3 is 2.44 bits per heavy atom. The number of hydrogen-bond acceptors (Lipinski definition) is 4. The minimum absolute atomic E-state index is 0.142. The maximum absolute atomic E-state index is 12.2. The number of para-hydroxylation sites is 1. The highest BCUT2D eigenvalue weighted by Gasteiger charge is 2.15. The molecule has 0 unspecified atom stereocenters. The second-order valence-corrected chi connectivity index (χ2v) is 6.53. The molecule has 2 aromatic carbocycles. The average Bonchev–Trinajstić information content (AvgIpc) is 2.61. The Hall–Kier alpha value is -2.77. The van der Waals surface area contributed by atoms with Gasteiger partial charge in [0.1, 0.15) is 0 Å². The number of hydrogen-bond donors (Lipinski definition) is 3. The summed E-state index contributed by atoms with van der Waals surface area (Å²) >= 11 is 11.9. The van der Waals surface area contributed by atoms with Crippen molar-refractivity contribution < 1.29 is 14.4 Å². The van der Waals surface area contributed by atoms with E-state index in [1.54, 1.807) is 24.3 Å². The van der Waals surface area contributed by atoms with Gasteiger partial charge >= 0.3 is 0 Å². The molecular weight excluding hydrogens is 391 g/mol. The van der Waals surface area contributed by atoms with Crippen LogP contribution >= 0.6 is 23.2 Å². The molecule has 2 rings (SSSR count). The van der Waals surface area contributed by atoms with E-state index in [9.17, 15) is 14.4 Å². The van der Waals surface area contributed by atoms with Crippen molar-refractivity contribution in [3.63, 3.8) is 0 Å². The topological polar surface area (TPSA) is 105 Å². The predicted octanol–water partition coefficient (Wildman–Crippen LogP) is 2.60.